The van der Waals surface area contributed by atoms with Crippen molar-refractivity contribution < 1.29 is 4.79 Å². The van der Waals surface area contributed by atoms with Crippen LogP contribution in [-0.4, -0.2) is 24.8 Å². The van der Waals surface area contributed by atoms with Crippen molar-refractivity contribution in [1.29, 1.82) is 0 Å². The number of nitrogens with zero attached hydrogens (tertiary/aromatic N) is 1. The number of allylic oxidation sites excluding steroid dienone is 2. The molecule has 1 aliphatic rings. The van der Waals surface area contributed by atoms with Crippen molar-refractivity contribution in [3.8, 4) is 0 Å². The number of carbonyl (C=O) groups excluding carboxylic acids is 1. The standard InChI is InChI=1S/C9H15NO/c1-7-4-5-8(11)6-9(7)10(2)3/h6-7H,4-5H2,1-3H3. The summed E-state index contributed by atoms with van der Waals surface area (Å²) in [4.78, 5) is 13.0. The van der Waals surface area contributed by atoms with Crippen LogP contribution < -0.4 is 0 Å². The van der Waals surface area contributed by atoms with Gasteiger partial charge >= 0.3 is 0 Å². The largest absolute Gasteiger partial charge is 0.381 e. The molecule has 2 heteroatoms. The molecule has 11 heavy (non-hydrogen) atoms. The van der Waals surface area contributed by atoms with Gasteiger partial charge in [-0.2, -0.15) is 0 Å². The van der Waals surface area contributed by atoms with Gasteiger partial charge in [0.2, 0.25) is 0 Å². The lowest BCUT2D eigenvalue weighted by Crippen LogP contribution is -2.22. The molecule has 0 aromatic rings. The molecule has 0 fully saturated rings. The quantitative estimate of drug-likeness (QED) is 0.568. The lowest BCUT2D eigenvalue weighted by molar-refractivity contribution is -0.115. The van der Waals surface area contributed by atoms with Crippen molar-refractivity contribution in [2.45, 2.75) is 19.8 Å². The number of hydrogen-bond acceptors (Lipinski definition) is 2. The molecule has 1 unspecified atom stereocenters. The summed E-state index contributed by atoms with van der Waals surface area (Å²) >= 11 is 0. The van der Waals surface area contributed by atoms with Gasteiger partial charge < -0.3 is 4.90 Å². The summed E-state index contributed by atoms with van der Waals surface area (Å²) in [5, 5.41) is 0. The Morgan fingerprint density at radius 2 is 2.18 bits per heavy atom. The molecule has 0 heterocycles. The highest BCUT2D eigenvalue weighted by molar-refractivity contribution is 5.91. The molecule has 0 saturated carbocycles. The Bertz CT molecular complexity index is 194. The first-order valence-electron chi connectivity index (χ1n) is 4.03. The Hall–Kier alpha value is -0.790. The Kier molecular flexibility index (Phi) is 2.32. The third-order valence-corrected chi connectivity index (χ3v) is 2.15. The van der Waals surface area contributed by atoms with Gasteiger partial charge in [0, 0.05) is 32.3 Å². The molecule has 0 N–H and O–H groups in total. The summed E-state index contributed by atoms with van der Waals surface area (Å²) in [7, 11) is 3.97. The van der Waals surface area contributed by atoms with E-state index in [0.717, 1.165) is 12.8 Å². The molecule has 62 valence electrons. The first-order valence-corrected chi connectivity index (χ1v) is 4.03. The topological polar surface area (TPSA) is 20.3 Å². The van der Waals surface area contributed by atoms with Gasteiger partial charge in [-0.15, -0.1) is 0 Å². The molecule has 0 aromatic carbocycles. The van der Waals surface area contributed by atoms with Crippen LogP contribution in [0.2, 0.25) is 0 Å². The van der Waals surface area contributed by atoms with Crippen molar-refractivity contribution in [2.75, 3.05) is 14.1 Å². The fourth-order valence-electron chi connectivity index (χ4n) is 1.46. The fraction of sp³-hybridized carbons (Fsp3) is 0.667. The monoisotopic (exact) mass is 153 g/mol. The molecule has 0 spiro atoms. The zero-order valence-electron chi connectivity index (χ0n) is 7.42. The highest BCUT2D eigenvalue weighted by atomic mass is 16.1. The molecule has 0 amide bonds. The first-order chi connectivity index (χ1) is 5.11. The average Bonchev–Trinajstić information content (AvgIpc) is 1.94. The predicted octanol–water partition coefficient (Wildman–Crippen LogP) is 1.43. The molecule has 0 bridgehead atoms. The molecular weight excluding hydrogens is 138 g/mol. The summed E-state index contributed by atoms with van der Waals surface area (Å²) in [6, 6.07) is 0. The second-order valence-corrected chi connectivity index (χ2v) is 3.37. The van der Waals surface area contributed by atoms with Gasteiger partial charge in [-0.3, -0.25) is 4.79 Å². The smallest absolute Gasteiger partial charge is 0.157 e. The molecule has 0 radical (unpaired) electrons. The predicted molar refractivity (Wildman–Crippen MR) is 45.2 cm³/mol. The minimum absolute atomic E-state index is 0.270. The first kappa shape index (κ1) is 8.31. The van der Waals surface area contributed by atoms with Crippen molar-refractivity contribution in [3.05, 3.63) is 11.8 Å². The van der Waals surface area contributed by atoms with Crippen LogP contribution in [0, 0.1) is 5.92 Å². The lowest BCUT2D eigenvalue weighted by atomic mass is 9.93. The Labute approximate surface area is 67.9 Å². The van der Waals surface area contributed by atoms with E-state index in [2.05, 4.69) is 6.92 Å². The summed E-state index contributed by atoms with van der Waals surface area (Å²) in [5.41, 5.74) is 1.17. The maximum atomic E-state index is 11.0. The zero-order chi connectivity index (χ0) is 8.43. The van der Waals surface area contributed by atoms with Gasteiger partial charge in [0.15, 0.2) is 5.78 Å². The van der Waals surface area contributed by atoms with Gasteiger partial charge in [0.1, 0.15) is 0 Å². The van der Waals surface area contributed by atoms with Crippen LogP contribution in [0.5, 0.6) is 0 Å². The minimum Gasteiger partial charge on any atom is -0.381 e. The van der Waals surface area contributed by atoms with Gasteiger partial charge in [0.25, 0.3) is 0 Å². The average molecular weight is 153 g/mol. The van der Waals surface area contributed by atoms with Crippen LogP contribution in [0.4, 0.5) is 0 Å². The van der Waals surface area contributed by atoms with E-state index in [4.69, 9.17) is 0 Å². The SMILES string of the molecule is CC1CCC(=O)C=C1N(C)C. The number of ketones is 1. The van der Waals surface area contributed by atoms with Gasteiger partial charge in [-0.1, -0.05) is 6.92 Å². The van der Waals surface area contributed by atoms with Gasteiger partial charge in [0.05, 0.1) is 0 Å². The van der Waals surface area contributed by atoms with E-state index < -0.39 is 0 Å². The van der Waals surface area contributed by atoms with Gasteiger partial charge in [-0.25, -0.2) is 0 Å². The maximum absolute atomic E-state index is 11.0. The van der Waals surface area contributed by atoms with Crippen LogP contribution >= 0.6 is 0 Å². The number of hydrogen-bond donors (Lipinski definition) is 0. The lowest BCUT2D eigenvalue weighted by Gasteiger charge is -2.26. The molecule has 2 nitrogen and oxygen atoms in total. The molecule has 0 saturated heterocycles. The molecule has 1 atom stereocenters. The van der Waals surface area contributed by atoms with Gasteiger partial charge in [-0.05, 0) is 12.3 Å². The van der Waals surface area contributed by atoms with E-state index >= 15 is 0 Å². The second kappa shape index (κ2) is 3.07. The van der Waals surface area contributed by atoms with Crippen molar-refractivity contribution in [3.63, 3.8) is 0 Å². The molecule has 0 aromatic heterocycles. The molecule has 1 aliphatic carbocycles. The summed E-state index contributed by atoms with van der Waals surface area (Å²) in [6.45, 7) is 2.16. The third kappa shape index (κ3) is 1.82. The van der Waals surface area contributed by atoms with Crippen molar-refractivity contribution in [1.82, 2.24) is 4.90 Å². The van der Waals surface area contributed by atoms with Crippen LogP contribution in [0.15, 0.2) is 11.8 Å². The molecule has 0 aliphatic heterocycles. The Morgan fingerprint density at radius 1 is 1.55 bits per heavy atom. The van der Waals surface area contributed by atoms with E-state index in [1.165, 1.54) is 5.70 Å². The maximum Gasteiger partial charge on any atom is 0.157 e. The molecule has 1 rings (SSSR count). The Balaban J connectivity index is 2.79. The second-order valence-electron chi connectivity index (χ2n) is 3.37. The van der Waals surface area contributed by atoms with Crippen molar-refractivity contribution >= 4 is 5.78 Å². The summed E-state index contributed by atoms with van der Waals surface area (Å²) in [6.07, 6.45) is 3.50. The summed E-state index contributed by atoms with van der Waals surface area (Å²) < 4.78 is 0. The van der Waals surface area contributed by atoms with E-state index in [9.17, 15) is 4.79 Å². The van der Waals surface area contributed by atoms with E-state index in [0.29, 0.717) is 5.92 Å². The van der Waals surface area contributed by atoms with Crippen molar-refractivity contribution in [2.24, 2.45) is 5.92 Å². The van der Waals surface area contributed by atoms with Crippen LogP contribution in [0.25, 0.3) is 0 Å². The van der Waals surface area contributed by atoms with Crippen LogP contribution in [-0.2, 0) is 4.79 Å². The third-order valence-electron chi connectivity index (χ3n) is 2.15. The van der Waals surface area contributed by atoms with E-state index in [1.54, 1.807) is 6.08 Å². The van der Waals surface area contributed by atoms with Crippen LogP contribution in [0.1, 0.15) is 19.8 Å². The Morgan fingerprint density at radius 3 is 2.64 bits per heavy atom. The van der Waals surface area contributed by atoms with E-state index in [1.807, 2.05) is 19.0 Å². The fourth-order valence-corrected chi connectivity index (χ4v) is 1.46. The zero-order valence-corrected chi connectivity index (χ0v) is 7.42. The normalized spacial score (nSPS) is 24.8. The highest BCUT2D eigenvalue weighted by Crippen LogP contribution is 2.23. The molecular formula is C9H15NO. The summed E-state index contributed by atoms with van der Waals surface area (Å²) in [5.74, 6) is 0.814. The van der Waals surface area contributed by atoms with Crippen LogP contribution in [0.3, 0.4) is 0 Å². The van der Waals surface area contributed by atoms with E-state index in [-0.39, 0.29) is 5.78 Å². The number of rotatable bonds is 1. The minimum atomic E-state index is 0.270. The number of carbonyl (C=O) groups is 1. The highest BCUT2D eigenvalue weighted by Gasteiger charge is 2.18.